The van der Waals surface area contributed by atoms with Crippen molar-refractivity contribution in [3.8, 4) is 0 Å². The van der Waals surface area contributed by atoms with Gasteiger partial charge in [0.05, 0.1) is 5.56 Å². The minimum atomic E-state index is -0.0781. The number of carbonyl (C=O) groups excluding carboxylic acids is 1. The number of alkyl halides is 1. The van der Waals surface area contributed by atoms with Gasteiger partial charge in [0, 0.05) is 11.4 Å². The molecule has 1 rings (SSSR count). The summed E-state index contributed by atoms with van der Waals surface area (Å²) in [5, 5.41) is 2.81. The van der Waals surface area contributed by atoms with Crippen LogP contribution in [-0.2, 0) is 0 Å². The maximum atomic E-state index is 11.6. The Morgan fingerprint density at radius 1 is 1.64 bits per heavy atom. The number of furan rings is 1. The lowest BCUT2D eigenvalue weighted by Crippen LogP contribution is -2.28. The Balaban J connectivity index is 2.65. The van der Waals surface area contributed by atoms with E-state index in [0.717, 1.165) is 5.76 Å². The molecule has 1 aromatic rings. The standard InChI is InChI=1S/C10H14BrNO2/c1-6(11)5-12-10(13)9-4-7(2)14-8(9)3/h4,6H,5H2,1-3H3,(H,12,13). The van der Waals surface area contributed by atoms with Gasteiger partial charge < -0.3 is 9.73 Å². The molecule has 4 heteroatoms. The van der Waals surface area contributed by atoms with Crippen molar-refractivity contribution >= 4 is 21.8 Å². The number of hydrogen-bond donors (Lipinski definition) is 1. The van der Waals surface area contributed by atoms with Crippen LogP contribution in [-0.4, -0.2) is 17.3 Å². The van der Waals surface area contributed by atoms with E-state index in [9.17, 15) is 4.79 Å². The van der Waals surface area contributed by atoms with E-state index in [1.54, 1.807) is 13.0 Å². The maximum absolute atomic E-state index is 11.6. The van der Waals surface area contributed by atoms with Gasteiger partial charge in [0.15, 0.2) is 0 Å². The third kappa shape index (κ3) is 2.87. The van der Waals surface area contributed by atoms with E-state index in [4.69, 9.17) is 4.42 Å². The van der Waals surface area contributed by atoms with E-state index in [1.807, 2.05) is 13.8 Å². The number of aryl methyl sites for hydroxylation is 2. The summed E-state index contributed by atoms with van der Waals surface area (Å²) >= 11 is 3.36. The fourth-order valence-corrected chi connectivity index (χ4v) is 1.35. The number of halogens is 1. The van der Waals surface area contributed by atoms with Crippen LogP contribution in [0.15, 0.2) is 10.5 Å². The zero-order valence-electron chi connectivity index (χ0n) is 8.56. The number of nitrogens with one attached hydrogen (secondary N) is 1. The predicted molar refractivity (Wildman–Crippen MR) is 58.9 cm³/mol. The largest absolute Gasteiger partial charge is 0.466 e. The van der Waals surface area contributed by atoms with Crippen LogP contribution in [0.5, 0.6) is 0 Å². The molecule has 1 atom stereocenters. The highest BCUT2D eigenvalue weighted by atomic mass is 79.9. The Bertz CT molecular complexity index is 331. The first-order valence-electron chi connectivity index (χ1n) is 4.50. The van der Waals surface area contributed by atoms with Crippen molar-refractivity contribution in [1.29, 1.82) is 0 Å². The molecule has 1 aromatic heterocycles. The molecule has 1 unspecified atom stereocenters. The second kappa shape index (κ2) is 4.64. The van der Waals surface area contributed by atoms with Gasteiger partial charge in [-0.3, -0.25) is 4.79 Å². The van der Waals surface area contributed by atoms with E-state index in [-0.39, 0.29) is 10.7 Å². The van der Waals surface area contributed by atoms with Crippen molar-refractivity contribution < 1.29 is 9.21 Å². The van der Waals surface area contributed by atoms with Crippen LogP contribution in [0, 0.1) is 13.8 Å². The summed E-state index contributed by atoms with van der Waals surface area (Å²) in [6, 6.07) is 1.75. The molecule has 1 amide bonds. The summed E-state index contributed by atoms with van der Waals surface area (Å²) in [6.07, 6.45) is 0. The average molecular weight is 260 g/mol. The van der Waals surface area contributed by atoms with Crippen LogP contribution in [0.4, 0.5) is 0 Å². The van der Waals surface area contributed by atoms with Crippen molar-refractivity contribution in [2.75, 3.05) is 6.54 Å². The molecular formula is C10H14BrNO2. The Morgan fingerprint density at radius 2 is 2.29 bits per heavy atom. The third-order valence-corrected chi connectivity index (χ3v) is 2.15. The molecule has 0 aliphatic heterocycles. The molecule has 0 aliphatic carbocycles. The monoisotopic (exact) mass is 259 g/mol. The highest BCUT2D eigenvalue weighted by Gasteiger charge is 2.13. The summed E-state index contributed by atoms with van der Waals surface area (Å²) in [7, 11) is 0. The fraction of sp³-hybridized carbons (Fsp3) is 0.500. The van der Waals surface area contributed by atoms with Gasteiger partial charge in [-0.25, -0.2) is 0 Å². The van der Waals surface area contributed by atoms with Gasteiger partial charge in [-0.15, -0.1) is 0 Å². The summed E-state index contributed by atoms with van der Waals surface area (Å²) in [4.78, 5) is 11.9. The fourth-order valence-electron chi connectivity index (χ4n) is 1.18. The van der Waals surface area contributed by atoms with E-state index in [0.29, 0.717) is 17.9 Å². The van der Waals surface area contributed by atoms with Gasteiger partial charge in [-0.2, -0.15) is 0 Å². The first-order valence-corrected chi connectivity index (χ1v) is 5.41. The van der Waals surface area contributed by atoms with Crippen molar-refractivity contribution in [3.05, 3.63) is 23.2 Å². The van der Waals surface area contributed by atoms with Crippen molar-refractivity contribution in [1.82, 2.24) is 5.32 Å². The first-order chi connectivity index (χ1) is 6.50. The molecule has 0 aromatic carbocycles. The van der Waals surface area contributed by atoms with Crippen LogP contribution in [0.1, 0.15) is 28.8 Å². The van der Waals surface area contributed by atoms with Gasteiger partial charge in [-0.05, 0) is 19.9 Å². The summed E-state index contributed by atoms with van der Waals surface area (Å²) in [5.41, 5.74) is 0.621. The van der Waals surface area contributed by atoms with Crippen LogP contribution >= 0.6 is 15.9 Å². The highest BCUT2D eigenvalue weighted by molar-refractivity contribution is 9.09. The minimum Gasteiger partial charge on any atom is -0.466 e. The Morgan fingerprint density at radius 3 is 2.71 bits per heavy atom. The quantitative estimate of drug-likeness (QED) is 0.848. The van der Waals surface area contributed by atoms with Crippen molar-refractivity contribution in [2.45, 2.75) is 25.6 Å². The molecule has 0 bridgehead atoms. The third-order valence-electron chi connectivity index (χ3n) is 1.83. The van der Waals surface area contributed by atoms with E-state index >= 15 is 0 Å². The summed E-state index contributed by atoms with van der Waals surface area (Å²) in [5.74, 6) is 1.35. The lowest BCUT2D eigenvalue weighted by atomic mass is 10.2. The molecule has 0 saturated heterocycles. The van der Waals surface area contributed by atoms with Gasteiger partial charge in [0.2, 0.25) is 0 Å². The average Bonchev–Trinajstić information content (AvgIpc) is 2.41. The van der Waals surface area contributed by atoms with E-state index < -0.39 is 0 Å². The van der Waals surface area contributed by atoms with Crippen LogP contribution < -0.4 is 5.32 Å². The Labute approximate surface area is 92.0 Å². The normalized spacial score (nSPS) is 12.6. The number of rotatable bonds is 3. The first kappa shape index (κ1) is 11.3. The molecule has 0 saturated carbocycles. The molecule has 0 spiro atoms. The SMILES string of the molecule is Cc1cc(C(=O)NCC(C)Br)c(C)o1. The van der Waals surface area contributed by atoms with Crippen molar-refractivity contribution in [3.63, 3.8) is 0 Å². The predicted octanol–water partition coefficient (Wildman–Crippen LogP) is 2.41. The number of amides is 1. The minimum absolute atomic E-state index is 0.0781. The second-order valence-corrected chi connectivity index (χ2v) is 4.88. The van der Waals surface area contributed by atoms with Gasteiger partial charge >= 0.3 is 0 Å². The number of hydrogen-bond acceptors (Lipinski definition) is 2. The van der Waals surface area contributed by atoms with Crippen LogP contribution in [0.3, 0.4) is 0 Å². The Hall–Kier alpha value is -0.770. The van der Waals surface area contributed by atoms with Gasteiger partial charge in [0.1, 0.15) is 11.5 Å². The lowest BCUT2D eigenvalue weighted by molar-refractivity contribution is 0.0953. The molecule has 0 fully saturated rings. The zero-order valence-corrected chi connectivity index (χ0v) is 10.1. The number of carbonyl (C=O) groups is 1. The second-order valence-electron chi connectivity index (χ2n) is 3.32. The smallest absolute Gasteiger partial charge is 0.254 e. The summed E-state index contributed by atoms with van der Waals surface area (Å²) in [6.45, 7) is 6.21. The van der Waals surface area contributed by atoms with E-state index in [1.165, 1.54) is 0 Å². The van der Waals surface area contributed by atoms with Crippen LogP contribution in [0.2, 0.25) is 0 Å². The van der Waals surface area contributed by atoms with Gasteiger partial charge in [-0.1, -0.05) is 22.9 Å². The molecule has 14 heavy (non-hydrogen) atoms. The highest BCUT2D eigenvalue weighted by Crippen LogP contribution is 2.13. The maximum Gasteiger partial charge on any atom is 0.254 e. The molecule has 1 N–H and O–H groups in total. The molecule has 78 valence electrons. The Kier molecular flexibility index (Phi) is 3.75. The molecular weight excluding hydrogens is 246 g/mol. The van der Waals surface area contributed by atoms with Gasteiger partial charge in [0.25, 0.3) is 5.91 Å². The topological polar surface area (TPSA) is 42.2 Å². The molecule has 1 heterocycles. The molecule has 0 aliphatic rings. The van der Waals surface area contributed by atoms with E-state index in [2.05, 4.69) is 21.2 Å². The molecule has 0 radical (unpaired) electrons. The van der Waals surface area contributed by atoms with Crippen LogP contribution in [0.25, 0.3) is 0 Å². The molecule has 3 nitrogen and oxygen atoms in total. The lowest BCUT2D eigenvalue weighted by Gasteiger charge is -2.05. The summed E-state index contributed by atoms with van der Waals surface area (Å²) < 4.78 is 5.27. The van der Waals surface area contributed by atoms with Crippen molar-refractivity contribution in [2.24, 2.45) is 0 Å². The zero-order chi connectivity index (χ0) is 10.7.